The number of anilines is 1. The second-order valence-electron chi connectivity index (χ2n) is 4.55. The van der Waals surface area contributed by atoms with E-state index in [4.69, 9.17) is 11.6 Å². The van der Waals surface area contributed by atoms with Crippen molar-refractivity contribution in [2.45, 2.75) is 13.0 Å². The molecule has 0 aromatic heterocycles. The Labute approximate surface area is 116 Å². The summed E-state index contributed by atoms with van der Waals surface area (Å²) >= 11 is 5.89. The highest BCUT2D eigenvalue weighted by molar-refractivity contribution is 6.33. The maximum atomic E-state index is 13.6. The summed E-state index contributed by atoms with van der Waals surface area (Å²) in [4.78, 5) is 14.2. The standard InChI is InChI=1S/C13H17ClFN3O/c1-9(18-7-5-16-6-8-18)13(19)17-12-10(14)3-2-4-11(12)15/h2-4,9,16H,5-8H2,1H3,(H,17,19). The Morgan fingerprint density at radius 3 is 2.79 bits per heavy atom. The molecule has 1 unspecified atom stereocenters. The number of carbonyl (C=O) groups excluding carboxylic acids is 1. The lowest BCUT2D eigenvalue weighted by molar-refractivity contribution is -0.121. The fraction of sp³-hybridized carbons (Fsp3) is 0.462. The smallest absolute Gasteiger partial charge is 0.241 e. The van der Waals surface area contributed by atoms with Gasteiger partial charge in [0, 0.05) is 26.2 Å². The third-order valence-corrected chi connectivity index (χ3v) is 3.60. The molecule has 0 bridgehead atoms. The summed E-state index contributed by atoms with van der Waals surface area (Å²) in [7, 11) is 0. The van der Waals surface area contributed by atoms with Crippen LogP contribution in [0.3, 0.4) is 0 Å². The molecule has 1 aliphatic rings. The Bertz CT molecular complexity index is 443. The van der Waals surface area contributed by atoms with Crippen LogP contribution < -0.4 is 10.6 Å². The van der Waals surface area contributed by atoms with Crippen molar-refractivity contribution in [1.29, 1.82) is 0 Å². The summed E-state index contributed by atoms with van der Waals surface area (Å²) in [6, 6.07) is 4.03. The van der Waals surface area contributed by atoms with Gasteiger partial charge in [-0.25, -0.2) is 4.39 Å². The second kappa shape index (κ2) is 6.32. The van der Waals surface area contributed by atoms with Gasteiger partial charge in [-0.1, -0.05) is 17.7 Å². The van der Waals surface area contributed by atoms with Gasteiger partial charge in [-0.05, 0) is 19.1 Å². The normalized spacial score (nSPS) is 18.1. The zero-order valence-electron chi connectivity index (χ0n) is 10.7. The van der Waals surface area contributed by atoms with E-state index >= 15 is 0 Å². The Morgan fingerprint density at radius 2 is 2.16 bits per heavy atom. The van der Waals surface area contributed by atoms with Crippen LogP contribution in [0.15, 0.2) is 18.2 Å². The third kappa shape index (κ3) is 3.43. The lowest BCUT2D eigenvalue weighted by Crippen LogP contribution is -2.51. The molecule has 104 valence electrons. The van der Waals surface area contributed by atoms with Crippen molar-refractivity contribution >= 4 is 23.2 Å². The van der Waals surface area contributed by atoms with E-state index in [-0.39, 0.29) is 22.7 Å². The van der Waals surface area contributed by atoms with Crippen molar-refractivity contribution in [1.82, 2.24) is 10.2 Å². The molecule has 1 aromatic carbocycles. The topological polar surface area (TPSA) is 44.4 Å². The molecular formula is C13H17ClFN3O. The summed E-state index contributed by atoms with van der Waals surface area (Å²) in [6.07, 6.45) is 0. The first-order chi connectivity index (χ1) is 9.09. The van der Waals surface area contributed by atoms with Crippen LogP contribution in [0.4, 0.5) is 10.1 Å². The van der Waals surface area contributed by atoms with Crippen molar-refractivity contribution in [3.63, 3.8) is 0 Å². The summed E-state index contributed by atoms with van der Waals surface area (Å²) in [5.74, 6) is -0.762. The molecular weight excluding hydrogens is 269 g/mol. The van der Waals surface area contributed by atoms with Crippen molar-refractivity contribution in [3.05, 3.63) is 29.0 Å². The number of hydrogen-bond donors (Lipinski definition) is 2. The number of carbonyl (C=O) groups is 1. The van der Waals surface area contributed by atoms with E-state index in [9.17, 15) is 9.18 Å². The Balaban J connectivity index is 2.04. The van der Waals surface area contributed by atoms with Crippen LogP contribution in [0.2, 0.25) is 5.02 Å². The quantitative estimate of drug-likeness (QED) is 0.889. The Kier molecular flexibility index (Phi) is 4.74. The molecule has 1 fully saturated rings. The average Bonchev–Trinajstić information content (AvgIpc) is 2.43. The maximum Gasteiger partial charge on any atom is 0.241 e. The predicted molar refractivity (Wildman–Crippen MR) is 73.9 cm³/mol. The molecule has 1 heterocycles. The minimum Gasteiger partial charge on any atom is -0.321 e. The van der Waals surface area contributed by atoms with Gasteiger partial charge in [0.25, 0.3) is 0 Å². The molecule has 1 aliphatic heterocycles. The van der Waals surface area contributed by atoms with Gasteiger partial charge in [0.1, 0.15) is 5.82 Å². The van der Waals surface area contributed by atoms with Gasteiger partial charge in [-0.3, -0.25) is 9.69 Å². The van der Waals surface area contributed by atoms with Gasteiger partial charge >= 0.3 is 0 Å². The van der Waals surface area contributed by atoms with Crippen LogP contribution in [-0.2, 0) is 4.79 Å². The highest BCUT2D eigenvalue weighted by Gasteiger charge is 2.23. The number of amides is 1. The highest BCUT2D eigenvalue weighted by atomic mass is 35.5. The minimum absolute atomic E-state index is 0.0520. The fourth-order valence-electron chi connectivity index (χ4n) is 2.08. The van der Waals surface area contributed by atoms with E-state index in [1.807, 2.05) is 6.92 Å². The molecule has 0 radical (unpaired) electrons. The molecule has 2 rings (SSSR count). The van der Waals surface area contributed by atoms with Gasteiger partial charge in [-0.15, -0.1) is 0 Å². The molecule has 4 nitrogen and oxygen atoms in total. The first-order valence-electron chi connectivity index (χ1n) is 6.29. The van der Waals surface area contributed by atoms with E-state index in [1.54, 1.807) is 6.07 Å². The summed E-state index contributed by atoms with van der Waals surface area (Å²) in [5, 5.41) is 6.00. The summed E-state index contributed by atoms with van der Waals surface area (Å²) in [5.41, 5.74) is 0.0520. The lowest BCUT2D eigenvalue weighted by Gasteiger charge is -2.31. The van der Waals surface area contributed by atoms with E-state index in [0.717, 1.165) is 26.2 Å². The number of piperazine rings is 1. The zero-order valence-corrected chi connectivity index (χ0v) is 11.5. The molecule has 0 saturated carbocycles. The van der Waals surface area contributed by atoms with Gasteiger partial charge in [0.05, 0.1) is 16.8 Å². The lowest BCUT2D eigenvalue weighted by atomic mass is 10.2. The number of nitrogens with zero attached hydrogens (tertiary/aromatic N) is 1. The highest BCUT2D eigenvalue weighted by Crippen LogP contribution is 2.24. The third-order valence-electron chi connectivity index (χ3n) is 3.29. The maximum absolute atomic E-state index is 13.6. The molecule has 0 aliphatic carbocycles. The largest absolute Gasteiger partial charge is 0.321 e. The molecule has 1 atom stereocenters. The van der Waals surface area contributed by atoms with Crippen molar-refractivity contribution < 1.29 is 9.18 Å². The number of benzene rings is 1. The monoisotopic (exact) mass is 285 g/mol. The van der Waals surface area contributed by atoms with Crippen LogP contribution in [0.25, 0.3) is 0 Å². The molecule has 2 N–H and O–H groups in total. The van der Waals surface area contributed by atoms with Gasteiger partial charge in [0.15, 0.2) is 0 Å². The van der Waals surface area contributed by atoms with E-state index < -0.39 is 5.82 Å². The number of para-hydroxylation sites is 1. The van der Waals surface area contributed by atoms with E-state index in [0.29, 0.717) is 0 Å². The molecule has 1 amide bonds. The molecule has 6 heteroatoms. The number of rotatable bonds is 3. The molecule has 19 heavy (non-hydrogen) atoms. The Morgan fingerprint density at radius 1 is 1.47 bits per heavy atom. The van der Waals surface area contributed by atoms with Crippen molar-refractivity contribution in [3.8, 4) is 0 Å². The first kappa shape index (κ1) is 14.2. The number of hydrogen-bond acceptors (Lipinski definition) is 3. The van der Waals surface area contributed by atoms with Crippen LogP contribution in [0.1, 0.15) is 6.92 Å². The van der Waals surface area contributed by atoms with Crippen molar-refractivity contribution in [2.75, 3.05) is 31.5 Å². The number of halogens is 2. The van der Waals surface area contributed by atoms with Gasteiger partial charge < -0.3 is 10.6 Å². The second-order valence-corrected chi connectivity index (χ2v) is 4.96. The van der Waals surface area contributed by atoms with E-state index in [2.05, 4.69) is 15.5 Å². The number of nitrogens with one attached hydrogen (secondary N) is 2. The summed E-state index contributed by atoms with van der Waals surface area (Å²) < 4.78 is 13.6. The first-order valence-corrected chi connectivity index (χ1v) is 6.67. The van der Waals surface area contributed by atoms with Crippen LogP contribution in [0.5, 0.6) is 0 Å². The zero-order chi connectivity index (χ0) is 13.8. The van der Waals surface area contributed by atoms with Crippen LogP contribution in [0, 0.1) is 5.82 Å². The van der Waals surface area contributed by atoms with Crippen molar-refractivity contribution in [2.24, 2.45) is 0 Å². The van der Waals surface area contributed by atoms with Gasteiger partial charge in [0.2, 0.25) is 5.91 Å². The Hall–Kier alpha value is -1.17. The van der Waals surface area contributed by atoms with E-state index in [1.165, 1.54) is 12.1 Å². The predicted octanol–water partition coefficient (Wildman–Crippen LogP) is 1.71. The molecule has 1 saturated heterocycles. The molecule has 1 aromatic rings. The van der Waals surface area contributed by atoms with Crippen LogP contribution >= 0.6 is 11.6 Å². The minimum atomic E-state index is -0.520. The fourth-order valence-corrected chi connectivity index (χ4v) is 2.29. The van der Waals surface area contributed by atoms with Gasteiger partial charge in [-0.2, -0.15) is 0 Å². The molecule has 0 spiro atoms. The average molecular weight is 286 g/mol. The summed E-state index contributed by atoms with van der Waals surface area (Å²) in [6.45, 7) is 5.14. The van der Waals surface area contributed by atoms with Crippen LogP contribution in [-0.4, -0.2) is 43.0 Å². The SMILES string of the molecule is CC(C(=O)Nc1c(F)cccc1Cl)N1CCNCC1.